The highest BCUT2D eigenvalue weighted by molar-refractivity contribution is 6.05. The van der Waals surface area contributed by atoms with Crippen LogP contribution in [0.25, 0.3) is 0 Å². The van der Waals surface area contributed by atoms with E-state index in [-0.39, 0.29) is 43.8 Å². The number of carbonyl (C=O) groups is 2. The zero-order chi connectivity index (χ0) is 29.4. The number of alkyl halides is 1. The summed E-state index contributed by atoms with van der Waals surface area (Å²) in [5, 5.41) is 15.1. The zero-order valence-corrected chi connectivity index (χ0v) is 24.1. The molecule has 0 aliphatic carbocycles. The number of halogens is 1. The predicted molar refractivity (Wildman–Crippen MR) is 157 cm³/mol. The van der Waals surface area contributed by atoms with Gasteiger partial charge in [0.15, 0.2) is 0 Å². The summed E-state index contributed by atoms with van der Waals surface area (Å²) in [6, 6.07) is 15.8. The van der Waals surface area contributed by atoms with Gasteiger partial charge in [-0.05, 0) is 74.7 Å². The van der Waals surface area contributed by atoms with Crippen molar-refractivity contribution in [1.82, 2.24) is 9.88 Å². The molecular weight excluding hydrogens is 505 g/mol. The first-order valence-electron chi connectivity index (χ1n) is 13.7. The standard InChI is InChI=1S/C30H32FN5O2.C2H6/c1-19(2)34-27-10-7-23(18-33-27)28(37)35-26-16-25(20(3)15-21(26)4)29(38)36-13-11-30(31,12-14-36)24-8-5-22(17-32)6-9-24;1-2/h5-10,15-16,18-19H,11-14H2,1-4H3,(H,33,34)(H,35,37);1-2H3. The van der Waals surface area contributed by atoms with Crippen molar-refractivity contribution in [1.29, 1.82) is 5.26 Å². The van der Waals surface area contributed by atoms with Crippen LogP contribution in [-0.4, -0.2) is 40.8 Å². The minimum absolute atomic E-state index is 0.174. The van der Waals surface area contributed by atoms with Crippen molar-refractivity contribution in [2.75, 3.05) is 23.7 Å². The molecule has 1 fully saturated rings. The largest absolute Gasteiger partial charge is 0.368 e. The lowest BCUT2D eigenvalue weighted by Crippen LogP contribution is -2.43. The van der Waals surface area contributed by atoms with E-state index in [0.29, 0.717) is 33.8 Å². The van der Waals surface area contributed by atoms with Crippen LogP contribution < -0.4 is 10.6 Å². The summed E-state index contributed by atoms with van der Waals surface area (Å²) < 4.78 is 15.7. The third-order valence-electron chi connectivity index (χ3n) is 6.89. The van der Waals surface area contributed by atoms with E-state index in [4.69, 9.17) is 5.26 Å². The van der Waals surface area contributed by atoms with Crippen molar-refractivity contribution >= 4 is 23.3 Å². The normalized spacial score (nSPS) is 14.0. The van der Waals surface area contributed by atoms with E-state index in [1.807, 2.05) is 53.7 Å². The lowest BCUT2D eigenvalue weighted by atomic mass is 9.85. The summed E-state index contributed by atoms with van der Waals surface area (Å²) in [6.07, 6.45) is 1.86. The Morgan fingerprint density at radius 3 is 2.23 bits per heavy atom. The number of anilines is 2. The van der Waals surface area contributed by atoms with Gasteiger partial charge in [-0.15, -0.1) is 0 Å². The Balaban J connectivity index is 0.00000216. The summed E-state index contributed by atoms with van der Waals surface area (Å²) in [5.41, 5.74) is 2.53. The van der Waals surface area contributed by atoms with Gasteiger partial charge in [0, 0.05) is 49.4 Å². The van der Waals surface area contributed by atoms with E-state index in [1.54, 1.807) is 47.4 Å². The second-order valence-electron chi connectivity index (χ2n) is 10.1. The van der Waals surface area contributed by atoms with Crippen molar-refractivity contribution in [3.8, 4) is 6.07 Å². The van der Waals surface area contributed by atoms with E-state index in [1.165, 1.54) is 6.20 Å². The fraction of sp³-hybridized carbons (Fsp3) is 0.375. The first-order valence-corrected chi connectivity index (χ1v) is 13.7. The van der Waals surface area contributed by atoms with Crippen LogP contribution >= 0.6 is 0 Å². The van der Waals surface area contributed by atoms with Gasteiger partial charge in [0.2, 0.25) is 0 Å². The van der Waals surface area contributed by atoms with Crippen LogP contribution in [0.3, 0.4) is 0 Å². The highest BCUT2D eigenvalue weighted by atomic mass is 19.1. The zero-order valence-electron chi connectivity index (χ0n) is 24.1. The molecule has 2 heterocycles. The summed E-state index contributed by atoms with van der Waals surface area (Å²) in [6.45, 7) is 12.3. The van der Waals surface area contributed by atoms with Gasteiger partial charge >= 0.3 is 0 Å². The van der Waals surface area contributed by atoms with Crippen LogP contribution in [0.1, 0.15) is 83.5 Å². The Morgan fingerprint density at radius 2 is 1.68 bits per heavy atom. The molecule has 1 aromatic heterocycles. The smallest absolute Gasteiger partial charge is 0.257 e. The number of aromatic nitrogens is 1. The molecule has 1 saturated heterocycles. The van der Waals surface area contributed by atoms with Gasteiger partial charge in [-0.25, -0.2) is 9.37 Å². The summed E-state index contributed by atoms with van der Waals surface area (Å²) in [5.74, 6) is 0.182. The monoisotopic (exact) mass is 543 g/mol. The Labute approximate surface area is 236 Å². The van der Waals surface area contributed by atoms with Crippen molar-refractivity contribution < 1.29 is 14.0 Å². The Bertz CT molecular complexity index is 1370. The topological polar surface area (TPSA) is 98.1 Å². The number of benzene rings is 2. The quantitative estimate of drug-likeness (QED) is 0.358. The minimum atomic E-state index is -1.54. The van der Waals surface area contributed by atoms with Crippen LogP contribution in [-0.2, 0) is 5.67 Å². The van der Waals surface area contributed by atoms with Crippen molar-refractivity contribution in [2.24, 2.45) is 0 Å². The maximum atomic E-state index is 15.7. The maximum Gasteiger partial charge on any atom is 0.257 e. The molecule has 0 bridgehead atoms. The van der Waals surface area contributed by atoms with Crippen molar-refractivity contribution in [2.45, 2.75) is 66.1 Å². The fourth-order valence-corrected chi connectivity index (χ4v) is 4.69. The summed E-state index contributed by atoms with van der Waals surface area (Å²) in [4.78, 5) is 32.3. The van der Waals surface area contributed by atoms with Crippen molar-refractivity contribution in [3.63, 3.8) is 0 Å². The average molecular weight is 544 g/mol. The van der Waals surface area contributed by atoms with E-state index >= 15 is 4.39 Å². The van der Waals surface area contributed by atoms with E-state index < -0.39 is 5.67 Å². The van der Waals surface area contributed by atoms with Crippen LogP contribution in [0.2, 0.25) is 0 Å². The fourth-order valence-electron chi connectivity index (χ4n) is 4.69. The molecule has 3 aromatic rings. The van der Waals surface area contributed by atoms with Crippen LogP contribution in [0, 0.1) is 25.2 Å². The third kappa shape index (κ3) is 7.03. The number of hydrogen-bond donors (Lipinski definition) is 2. The van der Waals surface area contributed by atoms with Gasteiger partial charge < -0.3 is 15.5 Å². The molecular formula is C32H38FN5O2. The molecule has 0 saturated carbocycles. The number of rotatable bonds is 6. The van der Waals surface area contributed by atoms with Gasteiger partial charge in [0.25, 0.3) is 11.8 Å². The third-order valence-corrected chi connectivity index (χ3v) is 6.89. The molecule has 1 aliphatic heterocycles. The van der Waals surface area contributed by atoms with Gasteiger partial charge in [0.1, 0.15) is 11.5 Å². The van der Waals surface area contributed by atoms with Crippen molar-refractivity contribution in [3.05, 3.63) is 88.1 Å². The predicted octanol–water partition coefficient (Wildman–Crippen LogP) is 6.77. The van der Waals surface area contributed by atoms with Gasteiger partial charge in [-0.1, -0.05) is 32.0 Å². The number of hydrogen-bond acceptors (Lipinski definition) is 5. The Morgan fingerprint density at radius 1 is 1.02 bits per heavy atom. The SMILES string of the molecule is CC.Cc1cc(C)c(C(=O)N2CCC(F)(c3ccc(C#N)cc3)CC2)cc1NC(=O)c1ccc(NC(C)C)nc1. The number of carbonyl (C=O) groups excluding carboxylic acids is 2. The number of pyridine rings is 1. The molecule has 2 amide bonds. The summed E-state index contributed by atoms with van der Waals surface area (Å²) >= 11 is 0. The average Bonchev–Trinajstić information content (AvgIpc) is 2.95. The molecule has 1 aliphatic rings. The molecule has 0 unspecified atom stereocenters. The molecule has 2 N–H and O–H groups in total. The minimum Gasteiger partial charge on any atom is -0.368 e. The lowest BCUT2D eigenvalue weighted by molar-refractivity contribution is 0.0421. The second-order valence-corrected chi connectivity index (χ2v) is 10.1. The van der Waals surface area contributed by atoms with E-state index in [9.17, 15) is 9.59 Å². The molecule has 8 heteroatoms. The van der Waals surface area contributed by atoms with Crippen LogP contribution in [0.4, 0.5) is 15.9 Å². The first kappa shape index (κ1) is 30.3. The molecule has 2 aromatic carbocycles. The Hall–Kier alpha value is -4.25. The highest BCUT2D eigenvalue weighted by Gasteiger charge is 2.38. The number of aryl methyl sites for hydroxylation is 2. The van der Waals surface area contributed by atoms with Crippen LogP contribution in [0.15, 0.2) is 54.7 Å². The van der Waals surface area contributed by atoms with Gasteiger partial charge in [-0.2, -0.15) is 5.26 Å². The molecule has 4 rings (SSSR count). The molecule has 0 radical (unpaired) electrons. The highest BCUT2D eigenvalue weighted by Crippen LogP contribution is 2.37. The molecule has 0 atom stereocenters. The van der Waals surface area contributed by atoms with Gasteiger partial charge in [-0.3, -0.25) is 9.59 Å². The molecule has 40 heavy (non-hydrogen) atoms. The number of amides is 2. The number of nitrogens with one attached hydrogen (secondary N) is 2. The molecule has 7 nitrogen and oxygen atoms in total. The second kappa shape index (κ2) is 13.2. The first-order chi connectivity index (χ1) is 19.1. The number of nitriles is 1. The number of piperidine rings is 1. The number of likely N-dealkylation sites (tertiary alicyclic amines) is 1. The summed E-state index contributed by atoms with van der Waals surface area (Å²) in [7, 11) is 0. The number of nitrogens with zero attached hydrogens (tertiary/aromatic N) is 3. The molecule has 0 spiro atoms. The molecule has 210 valence electrons. The Kier molecular flexibility index (Phi) is 10.0. The van der Waals surface area contributed by atoms with Gasteiger partial charge in [0.05, 0.1) is 17.2 Å². The van der Waals surface area contributed by atoms with Crippen LogP contribution in [0.5, 0.6) is 0 Å². The van der Waals surface area contributed by atoms with E-state index in [0.717, 1.165) is 11.1 Å². The lowest BCUT2D eigenvalue weighted by Gasteiger charge is -2.37. The maximum absolute atomic E-state index is 15.7. The van der Waals surface area contributed by atoms with E-state index in [2.05, 4.69) is 15.6 Å².